The molecule has 5 heteroatoms. The Labute approximate surface area is 91.7 Å². The molecular formula is C10H11ClFNO2. The van der Waals surface area contributed by atoms with Gasteiger partial charge >= 0.3 is 5.97 Å². The van der Waals surface area contributed by atoms with Crippen molar-refractivity contribution in [2.24, 2.45) is 5.73 Å². The second-order valence-corrected chi connectivity index (χ2v) is 3.69. The zero-order chi connectivity index (χ0) is 11.6. The lowest BCUT2D eigenvalue weighted by atomic mass is 9.99. The van der Waals surface area contributed by atoms with Crippen LogP contribution < -0.4 is 5.73 Å². The lowest BCUT2D eigenvalue weighted by Gasteiger charge is -2.13. The van der Waals surface area contributed by atoms with Crippen LogP contribution in [0.25, 0.3) is 0 Å². The third-order valence-corrected chi connectivity index (χ3v) is 2.47. The predicted octanol–water partition coefficient (Wildman–Crippen LogP) is 2.26. The van der Waals surface area contributed by atoms with Gasteiger partial charge < -0.3 is 10.8 Å². The van der Waals surface area contributed by atoms with E-state index >= 15 is 0 Å². The van der Waals surface area contributed by atoms with Crippen molar-refractivity contribution in [1.82, 2.24) is 0 Å². The molecule has 0 saturated heterocycles. The lowest BCUT2D eigenvalue weighted by Crippen LogP contribution is -2.16. The molecule has 0 heterocycles. The minimum Gasteiger partial charge on any atom is -0.481 e. The van der Waals surface area contributed by atoms with Crippen LogP contribution in [-0.4, -0.2) is 11.1 Å². The lowest BCUT2D eigenvalue weighted by molar-refractivity contribution is -0.137. The van der Waals surface area contributed by atoms with Crippen LogP contribution in [0, 0.1) is 12.7 Å². The van der Waals surface area contributed by atoms with E-state index in [9.17, 15) is 9.18 Å². The topological polar surface area (TPSA) is 63.3 Å². The molecule has 0 aromatic heterocycles. The quantitative estimate of drug-likeness (QED) is 0.839. The molecule has 0 aliphatic heterocycles. The maximum Gasteiger partial charge on any atom is 0.305 e. The van der Waals surface area contributed by atoms with Crippen molar-refractivity contribution < 1.29 is 14.3 Å². The first-order chi connectivity index (χ1) is 6.93. The molecule has 82 valence electrons. The Bertz CT molecular complexity index is 395. The number of carbonyl (C=O) groups is 1. The van der Waals surface area contributed by atoms with E-state index in [-0.39, 0.29) is 11.4 Å². The Balaban J connectivity index is 3.05. The molecule has 0 bridgehead atoms. The average Bonchev–Trinajstić information content (AvgIpc) is 2.13. The van der Waals surface area contributed by atoms with Crippen LogP contribution in [-0.2, 0) is 4.79 Å². The van der Waals surface area contributed by atoms with Gasteiger partial charge in [0.15, 0.2) is 0 Å². The van der Waals surface area contributed by atoms with Crippen molar-refractivity contribution in [3.05, 3.63) is 34.1 Å². The number of hydrogen-bond donors (Lipinski definition) is 2. The van der Waals surface area contributed by atoms with Crippen molar-refractivity contribution in [2.45, 2.75) is 19.4 Å². The third kappa shape index (κ3) is 2.67. The SMILES string of the molecule is Cc1c(C(N)CC(=O)O)ccc(Cl)c1F. The molecule has 1 aromatic rings. The summed E-state index contributed by atoms with van der Waals surface area (Å²) in [4.78, 5) is 10.4. The Morgan fingerprint density at radius 2 is 2.27 bits per heavy atom. The monoisotopic (exact) mass is 231 g/mol. The number of rotatable bonds is 3. The van der Waals surface area contributed by atoms with E-state index in [1.54, 1.807) is 6.07 Å². The molecular weight excluding hydrogens is 221 g/mol. The van der Waals surface area contributed by atoms with Crippen molar-refractivity contribution in [3.63, 3.8) is 0 Å². The van der Waals surface area contributed by atoms with Gasteiger partial charge in [0.2, 0.25) is 0 Å². The molecule has 0 aliphatic carbocycles. The summed E-state index contributed by atoms with van der Waals surface area (Å²) >= 11 is 5.56. The highest BCUT2D eigenvalue weighted by Gasteiger charge is 2.16. The molecule has 0 radical (unpaired) electrons. The maximum atomic E-state index is 13.4. The highest BCUT2D eigenvalue weighted by atomic mass is 35.5. The normalized spacial score (nSPS) is 12.5. The largest absolute Gasteiger partial charge is 0.481 e. The summed E-state index contributed by atoms with van der Waals surface area (Å²) in [6, 6.07) is 2.21. The fourth-order valence-corrected chi connectivity index (χ4v) is 1.57. The predicted molar refractivity (Wildman–Crippen MR) is 55.3 cm³/mol. The second kappa shape index (κ2) is 4.59. The van der Waals surface area contributed by atoms with Gasteiger partial charge in [-0.15, -0.1) is 0 Å². The molecule has 0 aliphatic rings. The van der Waals surface area contributed by atoms with Crippen LogP contribution in [0.5, 0.6) is 0 Å². The van der Waals surface area contributed by atoms with Gasteiger partial charge in [0, 0.05) is 6.04 Å². The van der Waals surface area contributed by atoms with Crippen LogP contribution in [0.15, 0.2) is 12.1 Å². The minimum absolute atomic E-state index is 0.0128. The molecule has 1 atom stereocenters. The third-order valence-electron chi connectivity index (χ3n) is 2.18. The van der Waals surface area contributed by atoms with Crippen LogP contribution in [0.3, 0.4) is 0 Å². The van der Waals surface area contributed by atoms with Gasteiger partial charge in [-0.1, -0.05) is 17.7 Å². The number of aliphatic carboxylic acids is 1. The zero-order valence-electron chi connectivity index (χ0n) is 8.13. The van der Waals surface area contributed by atoms with Crippen molar-refractivity contribution >= 4 is 17.6 Å². The van der Waals surface area contributed by atoms with E-state index < -0.39 is 17.8 Å². The number of carboxylic acid groups (broad SMARTS) is 1. The van der Waals surface area contributed by atoms with Gasteiger partial charge in [-0.3, -0.25) is 4.79 Å². The summed E-state index contributed by atoms with van der Waals surface area (Å²) in [5.74, 6) is -1.56. The summed E-state index contributed by atoms with van der Waals surface area (Å²) in [7, 11) is 0. The van der Waals surface area contributed by atoms with Gasteiger partial charge in [-0.05, 0) is 24.1 Å². The average molecular weight is 232 g/mol. The maximum absolute atomic E-state index is 13.4. The van der Waals surface area contributed by atoms with Gasteiger partial charge in [-0.25, -0.2) is 4.39 Å². The number of halogens is 2. The molecule has 0 fully saturated rings. The minimum atomic E-state index is -1.02. The van der Waals surface area contributed by atoms with E-state index in [0.29, 0.717) is 11.1 Å². The summed E-state index contributed by atoms with van der Waals surface area (Å²) in [5.41, 5.74) is 6.40. The molecule has 0 saturated carbocycles. The molecule has 15 heavy (non-hydrogen) atoms. The fraction of sp³-hybridized carbons (Fsp3) is 0.300. The first-order valence-electron chi connectivity index (χ1n) is 4.35. The Morgan fingerprint density at radius 1 is 1.67 bits per heavy atom. The number of nitrogens with two attached hydrogens (primary N) is 1. The summed E-state index contributed by atoms with van der Waals surface area (Å²) in [6.07, 6.45) is -0.234. The summed E-state index contributed by atoms with van der Waals surface area (Å²) < 4.78 is 13.4. The summed E-state index contributed by atoms with van der Waals surface area (Å²) in [5, 5.41) is 8.57. The van der Waals surface area contributed by atoms with Gasteiger partial charge in [0.25, 0.3) is 0 Å². The first-order valence-corrected chi connectivity index (χ1v) is 4.73. The van der Waals surface area contributed by atoms with Crippen LogP contribution in [0.1, 0.15) is 23.6 Å². The number of carboxylic acids is 1. The van der Waals surface area contributed by atoms with Gasteiger partial charge in [0.05, 0.1) is 11.4 Å². The second-order valence-electron chi connectivity index (χ2n) is 3.28. The number of hydrogen-bond acceptors (Lipinski definition) is 2. The molecule has 3 nitrogen and oxygen atoms in total. The Hall–Kier alpha value is -1.13. The van der Waals surface area contributed by atoms with Crippen molar-refractivity contribution in [2.75, 3.05) is 0 Å². The molecule has 1 rings (SSSR count). The van der Waals surface area contributed by atoms with E-state index in [0.717, 1.165) is 0 Å². The van der Waals surface area contributed by atoms with Crippen LogP contribution >= 0.6 is 11.6 Å². The fourth-order valence-electron chi connectivity index (χ4n) is 1.37. The van der Waals surface area contributed by atoms with E-state index in [4.69, 9.17) is 22.4 Å². The Morgan fingerprint density at radius 3 is 2.80 bits per heavy atom. The van der Waals surface area contributed by atoms with Crippen molar-refractivity contribution in [3.8, 4) is 0 Å². The van der Waals surface area contributed by atoms with Crippen LogP contribution in [0.2, 0.25) is 5.02 Å². The summed E-state index contributed by atoms with van der Waals surface area (Å²) in [6.45, 7) is 1.53. The number of benzene rings is 1. The zero-order valence-corrected chi connectivity index (χ0v) is 8.88. The van der Waals surface area contributed by atoms with E-state index in [1.807, 2.05) is 0 Å². The highest BCUT2D eigenvalue weighted by Crippen LogP contribution is 2.25. The molecule has 3 N–H and O–H groups in total. The molecule has 1 aromatic carbocycles. The van der Waals surface area contributed by atoms with E-state index in [1.165, 1.54) is 13.0 Å². The first kappa shape index (κ1) is 11.9. The van der Waals surface area contributed by atoms with Gasteiger partial charge in [0.1, 0.15) is 5.82 Å². The van der Waals surface area contributed by atoms with Crippen LogP contribution in [0.4, 0.5) is 4.39 Å². The standard InChI is InChI=1S/C10H11ClFNO2/c1-5-6(8(13)4-9(14)15)2-3-7(11)10(5)12/h2-3,8H,4,13H2,1H3,(H,14,15). The molecule has 0 spiro atoms. The highest BCUT2D eigenvalue weighted by molar-refractivity contribution is 6.30. The van der Waals surface area contributed by atoms with E-state index in [2.05, 4.69) is 0 Å². The molecule has 0 amide bonds. The van der Waals surface area contributed by atoms with Crippen molar-refractivity contribution in [1.29, 1.82) is 0 Å². The molecule has 1 unspecified atom stereocenters. The Kier molecular flexibility index (Phi) is 3.66. The van der Waals surface area contributed by atoms with Gasteiger partial charge in [-0.2, -0.15) is 0 Å². The smallest absolute Gasteiger partial charge is 0.305 e.